The number of likely N-dealkylation sites (tertiary alicyclic amines) is 1. The Morgan fingerprint density at radius 2 is 2.03 bits per heavy atom. The van der Waals surface area contributed by atoms with E-state index in [1.165, 1.54) is 4.70 Å². The summed E-state index contributed by atoms with van der Waals surface area (Å²) in [5.41, 5.74) is 2.20. The van der Waals surface area contributed by atoms with E-state index in [1.807, 2.05) is 35.2 Å². The molecular weight excluding hydrogens is 416 g/mol. The van der Waals surface area contributed by atoms with Gasteiger partial charge in [0.25, 0.3) is 0 Å². The smallest absolute Gasteiger partial charge is 0.223 e. The second kappa shape index (κ2) is 8.86. The molecule has 0 N–H and O–H groups in total. The van der Waals surface area contributed by atoms with Crippen LogP contribution in [0.3, 0.4) is 0 Å². The molecule has 0 unspecified atom stereocenters. The minimum absolute atomic E-state index is 0.144. The number of hydrogen-bond acceptors (Lipinski definition) is 6. The average Bonchev–Trinajstić information content (AvgIpc) is 3.43. The van der Waals surface area contributed by atoms with Gasteiger partial charge in [0.1, 0.15) is 13.2 Å². The van der Waals surface area contributed by atoms with Gasteiger partial charge in [-0.3, -0.25) is 4.79 Å². The topological polar surface area (TPSA) is 51.7 Å². The van der Waals surface area contributed by atoms with Crippen molar-refractivity contribution in [1.82, 2.24) is 9.88 Å². The highest BCUT2D eigenvalue weighted by molar-refractivity contribution is 8.01. The van der Waals surface area contributed by atoms with E-state index >= 15 is 0 Å². The Balaban J connectivity index is 1.16. The minimum atomic E-state index is 0.144. The lowest BCUT2D eigenvalue weighted by atomic mass is 10.0. The van der Waals surface area contributed by atoms with Crippen LogP contribution < -0.4 is 9.47 Å². The number of thioether (sulfide) groups is 1. The summed E-state index contributed by atoms with van der Waals surface area (Å²) in [6.45, 7) is 2.01. The maximum absolute atomic E-state index is 12.9. The van der Waals surface area contributed by atoms with Crippen LogP contribution in [0.1, 0.15) is 37.3 Å². The summed E-state index contributed by atoms with van der Waals surface area (Å²) in [6, 6.07) is 14.5. The van der Waals surface area contributed by atoms with Crippen molar-refractivity contribution in [2.45, 2.75) is 36.1 Å². The van der Waals surface area contributed by atoms with Gasteiger partial charge in [0.15, 0.2) is 15.8 Å². The van der Waals surface area contributed by atoms with Gasteiger partial charge in [0.05, 0.1) is 16.3 Å². The van der Waals surface area contributed by atoms with Crippen molar-refractivity contribution in [1.29, 1.82) is 0 Å². The zero-order chi connectivity index (χ0) is 20.3. The molecule has 0 aliphatic carbocycles. The number of hydrogen-bond donors (Lipinski definition) is 0. The van der Waals surface area contributed by atoms with Crippen LogP contribution in [0.25, 0.3) is 10.2 Å². The van der Waals surface area contributed by atoms with E-state index in [9.17, 15) is 4.79 Å². The van der Waals surface area contributed by atoms with E-state index in [0.29, 0.717) is 19.6 Å². The highest BCUT2D eigenvalue weighted by Gasteiger charge is 2.30. The molecule has 0 spiro atoms. The van der Waals surface area contributed by atoms with Crippen LogP contribution in [-0.2, 0) is 4.79 Å². The van der Waals surface area contributed by atoms with Gasteiger partial charge in [0.2, 0.25) is 5.91 Å². The molecule has 156 valence electrons. The Hall–Kier alpha value is -2.25. The Bertz CT molecular complexity index is 1020. The molecule has 7 heteroatoms. The summed E-state index contributed by atoms with van der Waals surface area (Å²) in [5, 5.41) is 0. The van der Waals surface area contributed by atoms with Gasteiger partial charge in [0, 0.05) is 18.7 Å². The van der Waals surface area contributed by atoms with E-state index < -0.39 is 0 Å². The number of para-hydroxylation sites is 1. The second-order valence-corrected chi connectivity index (χ2v) is 9.92. The molecule has 2 aliphatic rings. The second-order valence-electron chi connectivity index (χ2n) is 7.55. The number of benzene rings is 2. The highest BCUT2D eigenvalue weighted by atomic mass is 32.2. The fourth-order valence-corrected chi connectivity index (χ4v) is 6.20. The van der Waals surface area contributed by atoms with Crippen LogP contribution >= 0.6 is 23.1 Å². The van der Waals surface area contributed by atoms with E-state index in [1.54, 1.807) is 23.1 Å². The first-order valence-electron chi connectivity index (χ1n) is 10.5. The summed E-state index contributed by atoms with van der Waals surface area (Å²) < 4.78 is 13.7. The lowest BCUT2D eigenvalue weighted by Gasteiger charge is -2.27. The maximum Gasteiger partial charge on any atom is 0.223 e. The molecule has 1 saturated heterocycles. The predicted molar refractivity (Wildman–Crippen MR) is 121 cm³/mol. The number of aromatic nitrogens is 1. The quantitative estimate of drug-likeness (QED) is 0.384. The van der Waals surface area contributed by atoms with Gasteiger partial charge in [-0.1, -0.05) is 30.0 Å². The van der Waals surface area contributed by atoms with Crippen molar-refractivity contribution < 1.29 is 14.3 Å². The summed E-state index contributed by atoms with van der Waals surface area (Å²) in [5.74, 6) is 2.75. The van der Waals surface area contributed by atoms with Gasteiger partial charge in [-0.2, -0.15) is 0 Å². The molecule has 0 bridgehead atoms. The van der Waals surface area contributed by atoms with Crippen LogP contribution in [0.2, 0.25) is 0 Å². The fourth-order valence-electron chi connectivity index (χ4n) is 4.12. The molecule has 2 aromatic carbocycles. The third-order valence-corrected chi connectivity index (χ3v) is 7.82. The van der Waals surface area contributed by atoms with Crippen molar-refractivity contribution >= 4 is 39.2 Å². The zero-order valence-corrected chi connectivity index (χ0v) is 18.3. The molecule has 1 atom stereocenters. The first-order chi connectivity index (χ1) is 14.8. The van der Waals surface area contributed by atoms with Crippen LogP contribution in [-0.4, -0.2) is 41.3 Å². The molecule has 5 nitrogen and oxygen atoms in total. The van der Waals surface area contributed by atoms with Crippen LogP contribution in [0.4, 0.5) is 0 Å². The third-order valence-electron chi connectivity index (χ3n) is 5.56. The number of nitrogens with zero attached hydrogens (tertiary/aromatic N) is 2. The predicted octanol–water partition coefficient (Wildman–Crippen LogP) is 5.30. The largest absolute Gasteiger partial charge is 0.486 e. The number of rotatable bonds is 6. The molecule has 2 aliphatic heterocycles. The monoisotopic (exact) mass is 440 g/mol. The van der Waals surface area contributed by atoms with Gasteiger partial charge >= 0.3 is 0 Å². The highest BCUT2D eigenvalue weighted by Crippen LogP contribution is 2.38. The van der Waals surface area contributed by atoms with Gasteiger partial charge in [-0.15, -0.1) is 11.3 Å². The van der Waals surface area contributed by atoms with Crippen LogP contribution in [0.5, 0.6) is 11.5 Å². The van der Waals surface area contributed by atoms with Crippen molar-refractivity contribution in [3.63, 3.8) is 0 Å². The summed E-state index contributed by atoms with van der Waals surface area (Å²) >= 11 is 3.47. The SMILES string of the molecule is O=C(CCCSc1nc2ccccc2s1)N1CCC[C@H]1c1ccc2c(c1)OCCO2. The number of fused-ring (bicyclic) bond motifs is 2. The Labute approximate surface area is 184 Å². The summed E-state index contributed by atoms with van der Waals surface area (Å²) in [4.78, 5) is 19.6. The third kappa shape index (κ3) is 4.14. The lowest BCUT2D eigenvalue weighted by molar-refractivity contribution is -0.132. The molecule has 1 fully saturated rings. The Kier molecular flexibility index (Phi) is 5.82. The van der Waals surface area contributed by atoms with Gasteiger partial charge in [-0.05, 0) is 49.1 Å². The van der Waals surface area contributed by atoms with Crippen molar-refractivity contribution in [3.05, 3.63) is 48.0 Å². The Morgan fingerprint density at radius 1 is 1.17 bits per heavy atom. The van der Waals surface area contributed by atoms with Gasteiger partial charge < -0.3 is 14.4 Å². The molecule has 1 aromatic heterocycles. The fraction of sp³-hybridized carbons (Fsp3) is 0.391. The molecule has 0 radical (unpaired) electrons. The molecule has 3 heterocycles. The van der Waals surface area contributed by atoms with Crippen LogP contribution in [0, 0.1) is 0 Å². The van der Waals surface area contributed by atoms with Gasteiger partial charge in [-0.25, -0.2) is 4.98 Å². The number of carbonyl (C=O) groups is 1. The van der Waals surface area contributed by atoms with Crippen molar-refractivity contribution in [2.75, 3.05) is 25.5 Å². The number of amides is 1. The first kappa shape index (κ1) is 19.7. The first-order valence-corrected chi connectivity index (χ1v) is 12.3. The molecule has 3 aromatic rings. The lowest BCUT2D eigenvalue weighted by Crippen LogP contribution is -2.30. The number of carbonyl (C=O) groups excluding carboxylic acids is 1. The molecule has 0 saturated carbocycles. The van der Waals surface area contributed by atoms with Crippen molar-refractivity contribution in [2.24, 2.45) is 0 Å². The minimum Gasteiger partial charge on any atom is -0.486 e. The molecule has 5 rings (SSSR count). The van der Waals surface area contributed by atoms with E-state index in [0.717, 1.165) is 58.5 Å². The normalized spacial score (nSPS) is 18.1. The number of ether oxygens (including phenoxy) is 2. The standard InChI is InChI=1S/C23H24N2O3S2/c26-22(8-4-14-29-23-24-17-5-1-2-7-21(17)30-23)25-11-3-6-18(25)16-9-10-19-20(15-16)28-13-12-27-19/h1-2,5,7,9-10,15,18H,3-4,6,8,11-14H2/t18-/m0/s1. The van der Waals surface area contributed by atoms with Crippen LogP contribution in [0.15, 0.2) is 46.8 Å². The molecule has 1 amide bonds. The van der Waals surface area contributed by atoms with Crippen molar-refractivity contribution in [3.8, 4) is 11.5 Å². The summed E-state index contributed by atoms with van der Waals surface area (Å²) in [6.07, 6.45) is 3.50. The van der Waals surface area contributed by atoms with E-state index in [2.05, 4.69) is 17.1 Å². The molecular formula is C23H24N2O3S2. The Morgan fingerprint density at radius 3 is 2.93 bits per heavy atom. The maximum atomic E-state index is 12.9. The average molecular weight is 441 g/mol. The molecule has 30 heavy (non-hydrogen) atoms. The summed E-state index contributed by atoms with van der Waals surface area (Å²) in [7, 11) is 0. The van der Waals surface area contributed by atoms with E-state index in [4.69, 9.17) is 9.47 Å². The zero-order valence-electron chi connectivity index (χ0n) is 16.7. The number of thiazole rings is 1. The van der Waals surface area contributed by atoms with E-state index in [-0.39, 0.29) is 11.9 Å².